The molecule has 146 valence electrons. The third kappa shape index (κ3) is 5.55. The highest BCUT2D eigenvalue weighted by atomic mass is 32.2. The van der Waals surface area contributed by atoms with E-state index in [4.69, 9.17) is 0 Å². The molecule has 2 rings (SSSR count). The molecule has 1 N–H and O–H groups in total. The van der Waals surface area contributed by atoms with Crippen molar-refractivity contribution in [2.24, 2.45) is 5.41 Å². The van der Waals surface area contributed by atoms with E-state index in [9.17, 15) is 13.2 Å². The van der Waals surface area contributed by atoms with Crippen LogP contribution in [0.25, 0.3) is 0 Å². The molecule has 5 nitrogen and oxygen atoms in total. The van der Waals surface area contributed by atoms with Crippen LogP contribution in [0.3, 0.4) is 0 Å². The van der Waals surface area contributed by atoms with Crippen molar-refractivity contribution in [2.45, 2.75) is 71.2 Å². The summed E-state index contributed by atoms with van der Waals surface area (Å²) in [5.74, 6) is 0.0417. The van der Waals surface area contributed by atoms with Crippen LogP contribution in [0.15, 0.2) is 23.1 Å². The predicted molar refractivity (Wildman–Crippen MR) is 105 cm³/mol. The van der Waals surface area contributed by atoms with Crippen LogP contribution in [-0.2, 0) is 14.8 Å². The van der Waals surface area contributed by atoms with Crippen molar-refractivity contribution in [1.29, 1.82) is 0 Å². The van der Waals surface area contributed by atoms with Gasteiger partial charge in [-0.2, -0.15) is 0 Å². The minimum Gasteiger partial charge on any atom is -0.340 e. The van der Waals surface area contributed by atoms with E-state index in [-0.39, 0.29) is 35.2 Å². The van der Waals surface area contributed by atoms with Gasteiger partial charge in [0.25, 0.3) is 0 Å². The minimum atomic E-state index is -3.59. The van der Waals surface area contributed by atoms with Crippen molar-refractivity contribution in [3.63, 3.8) is 0 Å². The molecule has 6 heteroatoms. The standard InChI is InChI=1S/C20H32N2O3S/c1-15-8-9-18(16(2)13-15)26(24,25)21-11-10-19(23)22-12-6-7-17(22)14-20(3,4)5/h8-9,13,17,21H,6-7,10-12,14H2,1-5H3. The second-order valence-electron chi connectivity index (χ2n) is 8.56. The Morgan fingerprint density at radius 2 is 1.96 bits per heavy atom. The first kappa shape index (κ1) is 20.9. The Kier molecular flexibility index (Phi) is 6.51. The van der Waals surface area contributed by atoms with Crippen molar-refractivity contribution >= 4 is 15.9 Å². The molecule has 1 aromatic rings. The Morgan fingerprint density at radius 1 is 1.27 bits per heavy atom. The fourth-order valence-corrected chi connectivity index (χ4v) is 4.95. The third-order valence-corrected chi connectivity index (χ3v) is 6.42. The summed E-state index contributed by atoms with van der Waals surface area (Å²) in [6, 6.07) is 5.53. The van der Waals surface area contributed by atoms with Crippen molar-refractivity contribution in [2.75, 3.05) is 13.1 Å². The van der Waals surface area contributed by atoms with Gasteiger partial charge in [-0.1, -0.05) is 38.5 Å². The summed E-state index contributed by atoms with van der Waals surface area (Å²) in [7, 11) is -3.59. The Hall–Kier alpha value is -1.40. The van der Waals surface area contributed by atoms with Gasteiger partial charge in [-0.25, -0.2) is 13.1 Å². The maximum Gasteiger partial charge on any atom is 0.240 e. The van der Waals surface area contributed by atoms with E-state index in [1.165, 1.54) is 0 Å². The van der Waals surface area contributed by atoms with Gasteiger partial charge in [-0.15, -0.1) is 0 Å². The molecule has 26 heavy (non-hydrogen) atoms. The fraction of sp³-hybridized carbons (Fsp3) is 0.650. The number of rotatable bonds is 6. The number of nitrogens with one attached hydrogen (secondary N) is 1. The Morgan fingerprint density at radius 3 is 2.58 bits per heavy atom. The quantitative estimate of drug-likeness (QED) is 0.822. The summed E-state index contributed by atoms with van der Waals surface area (Å²) < 4.78 is 27.5. The van der Waals surface area contributed by atoms with Crippen molar-refractivity contribution in [1.82, 2.24) is 9.62 Å². The molecule has 0 spiro atoms. The average molecular weight is 381 g/mol. The maximum absolute atomic E-state index is 12.6. The first-order valence-electron chi connectivity index (χ1n) is 9.36. The molecule has 1 fully saturated rings. The number of aryl methyl sites for hydroxylation is 2. The smallest absolute Gasteiger partial charge is 0.240 e. The number of benzene rings is 1. The van der Waals surface area contributed by atoms with Gasteiger partial charge in [0, 0.05) is 25.6 Å². The molecule has 1 aliphatic rings. The van der Waals surface area contributed by atoms with Gasteiger partial charge < -0.3 is 4.90 Å². The topological polar surface area (TPSA) is 66.5 Å². The first-order valence-corrected chi connectivity index (χ1v) is 10.8. The van der Waals surface area contributed by atoms with Crippen LogP contribution in [0, 0.1) is 19.3 Å². The lowest BCUT2D eigenvalue weighted by Crippen LogP contribution is -2.39. The molecule has 0 aromatic heterocycles. The molecule has 1 atom stereocenters. The van der Waals surface area contributed by atoms with Gasteiger partial charge in [0.1, 0.15) is 0 Å². The summed E-state index contributed by atoms with van der Waals surface area (Å²) >= 11 is 0. The number of carbonyl (C=O) groups is 1. The molecule has 0 saturated carbocycles. The normalized spacial score (nSPS) is 18.3. The van der Waals surface area contributed by atoms with E-state index in [0.29, 0.717) is 5.56 Å². The molecule has 1 aliphatic heterocycles. The first-order chi connectivity index (χ1) is 12.0. The van der Waals surface area contributed by atoms with Crippen LogP contribution in [0.2, 0.25) is 0 Å². The van der Waals surface area contributed by atoms with E-state index in [0.717, 1.165) is 31.4 Å². The Bertz CT molecular complexity index is 751. The fourth-order valence-electron chi connectivity index (χ4n) is 3.70. The van der Waals surface area contributed by atoms with Gasteiger partial charge in [0.15, 0.2) is 0 Å². The highest BCUT2D eigenvalue weighted by molar-refractivity contribution is 7.89. The van der Waals surface area contributed by atoms with Gasteiger partial charge in [-0.05, 0) is 50.2 Å². The molecule has 0 aliphatic carbocycles. The molecule has 0 radical (unpaired) electrons. The van der Waals surface area contributed by atoms with Crippen LogP contribution < -0.4 is 4.72 Å². The zero-order chi connectivity index (χ0) is 19.5. The van der Waals surface area contributed by atoms with Gasteiger partial charge in [0.05, 0.1) is 4.90 Å². The van der Waals surface area contributed by atoms with Gasteiger partial charge >= 0.3 is 0 Å². The number of hydrogen-bond donors (Lipinski definition) is 1. The van der Waals surface area contributed by atoms with Crippen molar-refractivity contribution in [3.05, 3.63) is 29.3 Å². The van der Waals surface area contributed by atoms with Crippen LogP contribution in [0.4, 0.5) is 0 Å². The van der Waals surface area contributed by atoms with Crippen LogP contribution >= 0.6 is 0 Å². The number of likely N-dealkylation sites (tertiary alicyclic amines) is 1. The monoisotopic (exact) mass is 380 g/mol. The van der Waals surface area contributed by atoms with Crippen LogP contribution in [0.5, 0.6) is 0 Å². The summed E-state index contributed by atoms with van der Waals surface area (Å²) in [6.45, 7) is 11.2. The van der Waals surface area contributed by atoms with E-state index >= 15 is 0 Å². The SMILES string of the molecule is Cc1ccc(S(=O)(=O)NCCC(=O)N2CCCC2CC(C)(C)C)c(C)c1. The maximum atomic E-state index is 12.6. The molecular weight excluding hydrogens is 348 g/mol. The second-order valence-corrected chi connectivity index (χ2v) is 10.3. The second kappa shape index (κ2) is 8.09. The summed E-state index contributed by atoms with van der Waals surface area (Å²) in [4.78, 5) is 14.8. The third-order valence-electron chi connectivity index (χ3n) is 4.80. The summed E-state index contributed by atoms with van der Waals surface area (Å²) in [5.41, 5.74) is 1.92. The van der Waals surface area contributed by atoms with E-state index in [2.05, 4.69) is 25.5 Å². The number of hydrogen-bond acceptors (Lipinski definition) is 3. The average Bonchev–Trinajstić information content (AvgIpc) is 2.92. The molecule has 1 heterocycles. The van der Waals surface area contributed by atoms with Crippen LogP contribution in [-0.4, -0.2) is 38.4 Å². The number of sulfonamides is 1. The Labute approximate surface area is 158 Å². The van der Waals surface area contributed by atoms with E-state index in [1.807, 2.05) is 17.9 Å². The highest BCUT2D eigenvalue weighted by Gasteiger charge is 2.31. The summed E-state index contributed by atoms with van der Waals surface area (Å²) in [5, 5.41) is 0. The molecule has 1 amide bonds. The lowest BCUT2D eigenvalue weighted by atomic mass is 9.87. The number of amides is 1. The largest absolute Gasteiger partial charge is 0.340 e. The lowest BCUT2D eigenvalue weighted by Gasteiger charge is -2.30. The van der Waals surface area contributed by atoms with E-state index in [1.54, 1.807) is 19.1 Å². The van der Waals surface area contributed by atoms with Crippen molar-refractivity contribution < 1.29 is 13.2 Å². The minimum absolute atomic E-state index is 0.0417. The highest BCUT2D eigenvalue weighted by Crippen LogP contribution is 2.30. The predicted octanol–water partition coefficient (Wildman–Crippen LogP) is 3.40. The lowest BCUT2D eigenvalue weighted by molar-refractivity contribution is -0.132. The Balaban J connectivity index is 1.93. The zero-order valence-corrected chi connectivity index (χ0v) is 17.4. The van der Waals surface area contributed by atoms with Gasteiger partial charge in [-0.3, -0.25) is 4.79 Å². The van der Waals surface area contributed by atoms with Crippen LogP contribution in [0.1, 0.15) is 57.6 Å². The molecule has 1 aromatic carbocycles. The molecule has 1 saturated heterocycles. The van der Waals surface area contributed by atoms with Gasteiger partial charge in [0.2, 0.25) is 15.9 Å². The molecular formula is C20H32N2O3S. The zero-order valence-electron chi connectivity index (χ0n) is 16.6. The number of nitrogens with zero attached hydrogens (tertiary/aromatic N) is 1. The number of carbonyl (C=O) groups excluding carboxylic acids is 1. The summed E-state index contributed by atoms with van der Waals surface area (Å²) in [6.07, 6.45) is 3.25. The molecule has 0 bridgehead atoms. The molecule has 1 unspecified atom stereocenters. The van der Waals surface area contributed by atoms with Crippen molar-refractivity contribution in [3.8, 4) is 0 Å². The van der Waals surface area contributed by atoms with E-state index < -0.39 is 10.0 Å².